The number of aliphatic imine (C=N–C) groups is 2. The first-order valence-corrected chi connectivity index (χ1v) is 7.69. The van der Waals surface area contributed by atoms with Gasteiger partial charge in [0.05, 0.1) is 18.1 Å². The van der Waals surface area contributed by atoms with Crippen molar-refractivity contribution in [1.29, 1.82) is 5.41 Å². The van der Waals surface area contributed by atoms with Crippen molar-refractivity contribution in [2.45, 2.75) is 25.1 Å². The third-order valence-corrected chi connectivity index (χ3v) is 4.23. The highest BCUT2D eigenvalue weighted by molar-refractivity contribution is 5.99. The number of hydrogen-bond acceptors (Lipinski definition) is 6. The second-order valence-electron chi connectivity index (χ2n) is 5.82. The second-order valence-corrected chi connectivity index (χ2v) is 5.82. The molecule has 4 aliphatic rings. The summed E-state index contributed by atoms with van der Waals surface area (Å²) >= 11 is 0. The van der Waals surface area contributed by atoms with Crippen LogP contribution in [0.3, 0.4) is 0 Å². The zero-order chi connectivity index (χ0) is 15.8. The predicted molar refractivity (Wildman–Crippen MR) is 85.4 cm³/mol. The number of piperidine rings is 1. The molecule has 2 unspecified atom stereocenters. The number of β-amino-alcohol motifs (C(OH)–C–C–N with tert-alkyl or cyclic N) is 1. The molecule has 1 saturated heterocycles. The Morgan fingerprint density at radius 1 is 1.43 bits per heavy atom. The molecule has 0 bridgehead atoms. The molecule has 1 fully saturated rings. The average Bonchev–Trinajstić information content (AvgIpc) is 2.91. The predicted octanol–water partition coefficient (Wildman–Crippen LogP) is 0.550. The standard InChI is InChI=1S/C15H18N7O/c16-14-13(15-17-4-2-6-22(15)20-14)11-7-12(19-9-18-11)21-5-1-3-10(23)8-21/h2,4,6-7,9-10,15-16,23H,1,3,5,8H2,(H,18,19)/q+1/b13-11-,16-14?. The van der Waals surface area contributed by atoms with E-state index in [1.54, 1.807) is 23.3 Å². The third kappa shape index (κ3) is 2.50. The molecule has 4 heterocycles. The van der Waals surface area contributed by atoms with E-state index in [0.29, 0.717) is 6.54 Å². The number of nitrogens with zero attached hydrogens (tertiary/aromatic N) is 5. The monoisotopic (exact) mass is 312 g/mol. The summed E-state index contributed by atoms with van der Waals surface area (Å²) in [5.74, 6) is 0.998. The van der Waals surface area contributed by atoms with Gasteiger partial charge >= 0.3 is 6.17 Å². The molecule has 0 aromatic heterocycles. The van der Waals surface area contributed by atoms with Gasteiger partial charge in [0.25, 0.3) is 0 Å². The molecule has 8 nitrogen and oxygen atoms in total. The van der Waals surface area contributed by atoms with Crippen LogP contribution in [0.4, 0.5) is 0 Å². The minimum atomic E-state index is -0.311. The van der Waals surface area contributed by atoms with Crippen LogP contribution in [0.2, 0.25) is 0 Å². The molecule has 0 aromatic rings. The number of hydrogen-bond donors (Lipinski definition) is 3. The van der Waals surface area contributed by atoms with Gasteiger partial charge in [0.15, 0.2) is 0 Å². The minimum absolute atomic E-state index is 0.200. The number of aliphatic hydroxyl groups is 1. The molecule has 0 aliphatic carbocycles. The van der Waals surface area contributed by atoms with Crippen molar-refractivity contribution in [3.05, 3.63) is 35.4 Å². The van der Waals surface area contributed by atoms with Gasteiger partial charge in [0.2, 0.25) is 12.0 Å². The zero-order valence-corrected chi connectivity index (χ0v) is 12.6. The highest BCUT2D eigenvalue weighted by Gasteiger charge is 2.40. The number of azo groups is 2. The van der Waals surface area contributed by atoms with Crippen molar-refractivity contribution in [3.63, 3.8) is 0 Å². The van der Waals surface area contributed by atoms with Gasteiger partial charge in [0.1, 0.15) is 11.4 Å². The second kappa shape index (κ2) is 5.54. The lowest BCUT2D eigenvalue weighted by Gasteiger charge is -2.32. The van der Waals surface area contributed by atoms with E-state index in [0.717, 1.165) is 36.5 Å². The normalized spacial score (nSPS) is 32.6. The minimum Gasteiger partial charge on any atom is -0.391 e. The molecule has 2 atom stereocenters. The van der Waals surface area contributed by atoms with Crippen molar-refractivity contribution in [1.82, 2.24) is 10.2 Å². The topological polar surface area (TPSA) is 99.4 Å². The summed E-state index contributed by atoms with van der Waals surface area (Å²) in [4.78, 5) is 10.9. The van der Waals surface area contributed by atoms with Crippen LogP contribution in [0, 0.1) is 5.41 Å². The molecule has 0 aromatic carbocycles. The summed E-state index contributed by atoms with van der Waals surface area (Å²) in [5.41, 5.74) is 1.51. The van der Waals surface area contributed by atoms with Crippen LogP contribution in [0.1, 0.15) is 12.8 Å². The highest BCUT2D eigenvalue weighted by atomic mass is 16.3. The van der Waals surface area contributed by atoms with Gasteiger partial charge in [-0.1, -0.05) is 4.70 Å². The highest BCUT2D eigenvalue weighted by Crippen LogP contribution is 2.26. The van der Waals surface area contributed by atoms with E-state index < -0.39 is 0 Å². The Morgan fingerprint density at radius 3 is 3.22 bits per heavy atom. The number of nitrogens with one attached hydrogen (secondary N) is 2. The molecule has 23 heavy (non-hydrogen) atoms. The molecule has 4 aliphatic heterocycles. The smallest absolute Gasteiger partial charge is 0.308 e. The molecule has 4 rings (SSSR count). The fraction of sp³-hybridized carbons (Fsp3) is 0.400. The largest absolute Gasteiger partial charge is 0.391 e. The van der Waals surface area contributed by atoms with Crippen molar-refractivity contribution >= 4 is 18.4 Å². The average molecular weight is 312 g/mol. The summed E-state index contributed by atoms with van der Waals surface area (Å²) in [6, 6.07) is 0. The van der Waals surface area contributed by atoms with Gasteiger partial charge in [-0.15, -0.1) is 0 Å². The number of rotatable bonds is 1. The maximum absolute atomic E-state index is 9.85. The number of allylic oxidation sites excluding steroid dienone is 2. The molecule has 3 N–H and O–H groups in total. The lowest BCUT2D eigenvalue weighted by Crippen LogP contribution is -2.38. The van der Waals surface area contributed by atoms with E-state index in [-0.39, 0.29) is 18.1 Å². The van der Waals surface area contributed by atoms with Crippen LogP contribution >= 0.6 is 0 Å². The van der Waals surface area contributed by atoms with Gasteiger partial charge in [-0.3, -0.25) is 5.41 Å². The van der Waals surface area contributed by atoms with Crippen LogP contribution < -0.4 is 5.32 Å². The maximum atomic E-state index is 9.85. The Labute approximate surface area is 133 Å². The molecular weight excluding hydrogens is 294 g/mol. The van der Waals surface area contributed by atoms with Gasteiger partial charge in [-0.25, -0.2) is 9.98 Å². The summed E-state index contributed by atoms with van der Waals surface area (Å²) in [7, 11) is 0. The molecule has 0 saturated carbocycles. The lowest BCUT2D eigenvalue weighted by atomic mass is 10.1. The first-order valence-electron chi connectivity index (χ1n) is 7.69. The number of amidine groups is 1. The fourth-order valence-electron chi connectivity index (χ4n) is 3.13. The Morgan fingerprint density at radius 2 is 2.35 bits per heavy atom. The van der Waals surface area contributed by atoms with E-state index in [9.17, 15) is 5.11 Å². The summed E-state index contributed by atoms with van der Waals surface area (Å²) in [5, 5.41) is 25.3. The molecule has 0 spiro atoms. The Balaban J connectivity index is 1.67. The maximum Gasteiger partial charge on any atom is 0.308 e. The Hall–Kier alpha value is -2.61. The lowest BCUT2D eigenvalue weighted by molar-refractivity contribution is -0.542. The molecule has 0 radical (unpaired) electrons. The Kier molecular flexibility index (Phi) is 3.38. The zero-order valence-electron chi connectivity index (χ0n) is 12.6. The van der Waals surface area contributed by atoms with Gasteiger partial charge in [-0.2, -0.15) is 0 Å². The summed E-state index contributed by atoms with van der Waals surface area (Å²) in [6.07, 6.45) is 10.0. The van der Waals surface area contributed by atoms with Crippen LogP contribution in [0.15, 0.2) is 50.5 Å². The van der Waals surface area contributed by atoms with Crippen LogP contribution in [0.25, 0.3) is 0 Å². The van der Waals surface area contributed by atoms with Gasteiger partial charge in [0, 0.05) is 36.6 Å². The van der Waals surface area contributed by atoms with E-state index in [4.69, 9.17) is 5.41 Å². The van der Waals surface area contributed by atoms with Crippen LogP contribution in [-0.4, -0.2) is 58.5 Å². The van der Waals surface area contributed by atoms with Crippen molar-refractivity contribution in [3.8, 4) is 0 Å². The van der Waals surface area contributed by atoms with Crippen molar-refractivity contribution in [2.75, 3.05) is 13.1 Å². The van der Waals surface area contributed by atoms with E-state index in [2.05, 4.69) is 25.3 Å². The van der Waals surface area contributed by atoms with Gasteiger partial charge < -0.3 is 15.3 Å². The van der Waals surface area contributed by atoms with E-state index in [1.165, 1.54) is 0 Å². The first-order chi connectivity index (χ1) is 11.2. The van der Waals surface area contributed by atoms with E-state index >= 15 is 0 Å². The van der Waals surface area contributed by atoms with E-state index in [1.807, 2.05) is 12.3 Å². The third-order valence-electron chi connectivity index (χ3n) is 4.23. The molecule has 118 valence electrons. The van der Waals surface area contributed by atoms with Crippen molar-refractivity contribution in [2.24, 2.45) is 15.1 Å². The number of fused-ring (bicyclic) bond motifs is 1. The van der Waals surface area contributed by atoms with Crippen molar-refractivity contribution < 1.29 is 9.80 Å². The number of aliphatic hydroxyl groups excluding tert-OH is 1. The van der Waals surface area contributed by atoms with Gasteiger partial charge in [-0.05, 0) is 12.8 Å². The SMILES string of the molecule is N=C1N=[N+]2C=CC=NC2/C1=C1/C=C(N2CCCC(O)C2)N=CN1. The fourth-order valence-corrected chi connectivity index (χ4v) is 3.13. The molecule has 0 amide bonds. The van der Waals surface area contributed by atoms with Crippen LogP contribution in [-0.2, 0) is 0 Å². The molecule has 8 heteroatoms. The summed E-state index contributed by atoms with van der Waals surface area (Å²) < 4.78 is 1.68. The van der Waals surface area contributed by atoms with Crippen LogP contribution in [0.5, 0.6) is 0 Å². The number of likely N-dealkylation sites (tertiary alicyclic amines) is 1. The Bertz CT molecular complexity index is 728. The molecular formula is C15H18N7O+. The quantitative estimate of drug-likeness (QED) is 0.616. The first kappa shape index (κ1) is 14.0. The summed E-state index contributed by atoms with van der Waals surface area (Å²) in [6.45, 7) is 1.46.